The molecule has 0 saturated carbocycles. The molecule has 2 fully saturated rings. The summed E-state index contributed by atoms with van der Waals surface area (Å²) in [5, 5.41) is 0. The number of rotatable bonds is 0. The van der Waals surface area contributed by atoms with E-state index in [9.17, 15) is 0 Å². The van der Waals surface area contributed by atoms with Crippen LogP contribution in [0.1, 0.15) is 32.1 Å². The van der Waals surface area contributed by atoms with E-state index in [1.807, 2.05) is 0 Å². The molecule has 51 valence electrons. The van der Waals surface area contributed by atoms with Gasteiger partial charge in [0, 0.05) is 12.1 Å². The largest absolute Gasteiger partial charge is 0.296 e. The zero-order valence-electron chi connectivity index (χ0n) is 6.06. The molecule has 1 atom stereocenters. The van der Waals surface area contributed by atoms with Gasteiger partial charge in [0.25, 0.3) is 0 Å². The summed E-state index contributed by atoms with van der Waals surface area (Å²) in [6.45, 7) is 0. The Labute approximate surface area is 57.0 Å². The quantitative estimate of drug-likeness (QED) is 0.476. The van der Waals surface area contributed by atoms with Crippen molar-refractivity contribution in [3.63, 3.8) is 0 Å². The van der Waals surface area contributed by atoms with Gasteiger partial charge in [0.1, 0.15) is 0 Å². The Morgan fingerprint density at radius 2 is 2.22 bits per heavy atom. The van der Waals surface area contributed by atoms with E-state index >= 15 is 0 Å². The van der Waals surface area contributed by atoms with Gasteiger partial charge >= 0.3 is 0 Å². The fourth-order valence-corrected chi connectivity index (χ4v) is 2.14. The highest BCUT2D eigenvalue weighted by Gasteiger charge is 2.33. The van der Waals surface area contributed by atoms with Crippen LogP contribution in [0.4, 0.5) is 0 Å². The van der Waals surface area contributed by atoms with Gasteiger partial charge in [-0.3, -0.25) is 4.90 Å². The first-order valence-corrected chi connectivity index (χ1v) is 3.95. The lowest BCUT2D eigenvalue weighted by molar-refractivity contribution is 0.243. The molecule has 0 unspecified atom stereocenters. The van der Waals surface area contributed by atoms with E-state index in [1.54, 1.807) is 6.04 Å². The molecule has 2 aliphatic rings. The van der Waals surface area contributed by atoms with Crippen LogP contribution in [0.15, 0.2) is 0 Å². The zero-order chi connectivity index (χ0) is 6.27. The normalized spacial score (nSPS) is 37.7. The minimum absolute atomic E-state index is 0.925. The molecule has 2 saturated heterocycles. The Hall–Kier alpha value is -0.0400. The molecule has 2 heterocycles. The molecular formula is C8H14N. The van der Waals surface area contributed by atoms with Gasteiger partial charge in [0.15, 0.2) is 0 Å². The van der Waals surface area contributed by atoms with Crippen molar-refractivity contribution in [1.82, 2.24) is 4.90 Å². The van der Waals surface area contributed by atoms with Crippen molar-refractivity contribution in [1.29, 1.82) is 0 Å². The van der Waals surface area contributed by atoms with E-state index in [0.29, 0.717) is 0 Å². The molecular weight excluding hydrogens is 110 g/mol. The van der Waals surface area contributed by atoms with Crippen LogP contribution in [0.3, 0.4) is 0 Å². The van der Waals surface area contributed by atoms with Crippen molar-refractivity contribution < 1.29 is 0 Å². The van der Waals surface area contributed by atoms with Crippen LogP contribution < -0.4 is 0 Å². The van der Waals surface area contributed by atoms with Crippen LogP contribution in [0, 0.1) is 6.04 Å². The van der Waals surface area contributed by atoms with E-state index in [1.165, 1.54) is 32.1 Å². The van der Waals surface area contributed by atoms with Crippen LogP contribution >= 0.6 is 0 Å². The van der Waals surface area contributed by atoms with Crippen molar-refractivity contribution in [2.24, 2.45) is 0 Å². The van der Waals surface area contributed by atoms with E-state index in [-0.39, 0.29) is 0 Å². The molecule has 0 N–H and O–H groups in total. The Balaban J connectivity index is 2.10. The molecule has 1 nitrogen and oxygen atoms in total. The van der Waals surface area contributed by atoms with Gasteiger partial charge in [0.05, 0.1) is 0 Å². The minimum atomic E-state index is 0.925. The van der Waals surface area contributed by atoms with E-state index in [4.69, 9.17) is 0 Å². The lowest BCUT2D eigenvalue weighted by Crippen LogP contribution is -2.30. The van der Waals surface area contributed by atoms with Crippen LogP contribution in [0.2, 0.25) is 0 Å². The Morgan fingerprint density at radius 3 is 2.89 bits per heavy atom. The predicted octanol–water partition coefficient (Wildman–Crippen LogP) is 1.80. The molecule has 0 aromatic rings. The Bertz CT molecular complexity index is 95.1. The molecule has 0 amide bonds. The van der Waals surface area contributed by atoms with Crippen molar-refractivity contribution in [2.75, 3.05) is 7.05 Å². The first kappa shape index (κ1) is 5.72. The Morgan fingerprint density at radius 1 is 1.33 bits per heavy atom. The fraction of sp³-hybridized carbons (Fsp3) is 0.875. The third-order valence-electron chi connectivity index (χ3n) is 2.82. The standard InChI is InChI=1S/C8H14N/c1-9-7-3-2-4-8(9)6-5-7/h7H,2-6H2,1H3/t7-/m1/s1. The highest BCUT2D eigenvalue weighted by Crippen LogP contribution is 2.38. The summed E-state index contributed by atoms with van der Waals surface area (Å²) in [5.74, 6) is 0. The molecule has 1 heteroatoms. The van der Waals surface area contributed by atoms with Crippen molar-refractivity contribution in [2.45, 2.75) is 38.1 Å². The molecule has 2 bridgehead atoms. The molecule has 9 heavy (non-hydrogen) atoms. The fourth-order valence-electron chi connectivity index (χ4n) is 2.14. The number of fused-ring (bicyclic) bond motifs is 2. The summed E-state index contributed by atoms with van der Waals surface area (Å²) in [7, 11) is 2.26. The van der Waals surface area contributed by atoms with Crippen molar-refractivity contribution in [3.05, 3.63) is 6.04 Å². The maximum atomic E-state index is 2.50. The zero-order valence-corrected chi connectivity index (χ0v) is 6.06. The molecule has 0 aliphatic carbocycles. The van der Waals surface area contributed by atoms with Crippen molar-refractivity contribution >= 4 is 0 Å². The van der Waals surface area contributed by atoms with E-state index < -0.39 is 0 Å². The summed E-state index contributed by atoms with van der Waals surface area (Å²) >= 11 is 0. The summed E-state index contributed by atoms with van der Waals surface area (Å²) in [4.78, 5) is 2.50. The topological polar surface area (TPSA) is 3.24 Å². The van der Waals surface area contributed by atoms with Gasteiger partial charge < -0.3 is 0 Å². The maximum Gasteiger partial charge on any atom is 0.0393 e. The van der Waals surface area contributed by atoms with Crippen LogP contribution in [-0.4, -0.2) is 18.0 Å². The highest BCUT2D eigenvalue weighted by atomic mass is 15.2. The summed E-state index contributed by atoms with van der Waals surface area (Å²) < 4.78 is 0. The molecule has 2 rings (SSSR count). The summed E-state index contributed by atoms with van der Waals surface area (Å²) in [5.41, 5.74) is 0. The SMILES string of the molecule is CN1[C]2CCC[C@@H]1CC2. The first-order chi connectivity index (χ1) is 4.38. The number of hydrogen-bond donors (Lipinski definition) is 0. The highest BCUT2D eigenvalue weighted by molar-refractivity contribution is 5.02. The third-order valence-corrected chi connectivity index (χ3v) is 2.82. The van der Waals surface area contributed by atoms with Crippen LogP contribution in [-0.2, 0) is 0 Å². The number of nitrogens with zero attached hydrogens (tertiary/aromatic N) is 1. The third kappa shape index (κ3) is 0.787. The summed E-state index contributed by atoms with van der Waals surface area (Å²) in [6, 6.07) is 2.64. The lowest BCUT2D eigenvalue weighted by atomic mass is 10.0. The van der Waals surface area contributed by atoms with Gasteiger partial charge in [-0.2, -0.15) is 0 Å². The van der Waals surface area contributed by atoms with Crippen LogP contribution in [0.5, 0.6) is 0 Å². The lowest BCUT2D eigenvalue weighted by Gasteiger charge is -2.29. The van der Waals surface area contributed by atoms with Crippen LogP contribution in [0.25, 0.3) is 0 Å². The van der Waals surface area contributed by atoms with Gasteiger partial charge in [-0.1, -0.05) is 0 Å². The van der Waals surface area contributed by atoms with E-state index in [0.717, 1.165) is 6.04 Å². The van der Waals surface area contributed by atoms with Crippen molar-refractivity contribution in [3.8, 4) is 0 Å². The molecule has 2 aliphatic heterocycles. The molecule has 1 radical (unpaired) electrons. The van der Waals surface area contributed by atoms with Gasteiger partial charge in [-0.25, -0.2) is 0 Å². The molecule has 0 aromatic carbocycles. The second-order valence-electron chi connectivity index (χ2n) is 3.26. The Kier molecular flexibility index (Phi) is 1.26. The molecule has 0 spiro atoms. The second kappa shape index (κ2) is 1.98. The van der Waals surface area contributed by atoms with Gasteiger partial charge in [0.2, 0.25) is 0 Å². The van der Waals surface area contributed by atoms with Gasteiger partial charge in [-0.05, 0) is 39.2 Å². The predicted molar refractivity (Wildman–Crippen MR) is 37.9 cm³/mol. The van der Waals surface area contributed by atoms with E-state index in [2.05, 4.69) is 11.9 Å². The minimum Gasteiger partial charge on any atom is -0.296 e. The maximum absolute atomic E-state index is 2.50. The first-order valence-electron chi connectivity index (χ1n) is 3.95. The molecule has 0 aromatic heterocycles. The average molecular weight is 124 g/mol. The number of piperidine rings is 1. The monoisotopic (exact) mass is 124 g/mol. The smallest absolute Gasteiger partial charge is 0.0393 e. The van der Waals surface area contributed by atoms with Gasteiger partial charge in [-0.15, -0.1) is 0 Å². The average Bonchev–Trinajstić information content (AvgIpc) is 2.19. The second-order valence-corrected chi connectivity index (χ2v) is 3.26. The number of hydrogen-bond acceptors (Lipinski definition) is 1. The summed E-state index contributed by atoms with van der Waals surface area (Å²) in [6.07, 6.45) is 7.10.